The van der Waals surface area contributed by atoms with E-state index in [9.17, 15) is 5.11 Å². The summed E-state index contributed by atoms with van der Waals surface area (Å²) >= 11 is 0. The fraction of sp³-hybridized carbons (Fsp3) is 0.500. The van der Waals surface area contributed by atoms with Crippen molar-refractivity contribution in [2.45, 2.75) is 25.9 Å². The maximum absolute atomic E-state index is 9.42. The second-order valence-electron chi connectivity index (χ2n) is 4.26. The van der Waals surface area contributed by atoms with Gasteiger partial charge in [-0.1, -0.05) is 6.07 Å². The highest BCUT2D eigenvalue weighted by Crippen LogP contribution is 2.23. The molecule has 82 valence electrons. The van der Waals surface area contributed by atoms with Crippen LogP contribution >= 0.6 is 0 Å². The molecule has 1 aromatic carbocycles. The van der Waals surface area contributed by atoms with Crippen LogP contribution < -0.4 is 10.6 Å². The highest BCUT2D eigenvalue weighted by Gasteiger charge is 2.17. The Bertz CT molecular complexity index is 343. The number of aliphatic hydroxyl groups is 1. The van der Waals surface area contributed by atoms with Crippen LogP contribution in [0.2, 0.25) is 0 Å². The van der Waals surface area contributed by atoms with Gasteiger partial charge in [0.1, 0.15) is 0 Å². The van der Waals surface area contributed by atoms with Crippen molar-refractivity contribution in [3.05, 3.63) is 23.8 Å². The Balaban J connectivity index is 2.12. The van der Waals surface area contributed by atoms with Gasteiger partial charge in [-0.2, -0.15) is 0 Å². The van der Waals surface area contributed by atoms with Crippen LogP contribution in [0.25, 0.3) is 0 Å². The van der Waals surface area contributed by atoms with Crippen LogP contribution in [0.1, 0.15) is 18.4 Å². The molecule has 0 unspecified atom stereocenters. The van der Waals surface area contributed by atoms with Gasteiger partial charge in [-0.05, 0) is 37.5 Å². The molecule has 15 heavy (non-hydrogen) atoms. The van der Waals surface area contributed by atoms with E-state index < -0.39 is 0 Å². The summed E-state index contributed by atoms with van der Waals surface area (Å²) in [4.78, 5) is 2.28. The number of piperidine rings is 1. The first-order valence-corrected chi connectivity index (χ1v) is 5.46. The summed E-state index contributed by atoms with van der Waals surface area (Å²) in [6, 6.07) is 6.17. The molecule has 1 aromatic rings. The molecule has 0 aromatic heterocycles. The van der Waals surface area contributed by atoms with Crippen LogP contribution in [0.15, 0.2) is 18.2 Å². The largest absolute Gasteiger partial charge is 0.398 e. The van der Waals surface area contributed by atoms with Gasteiger partial charge in [-0.15, -0.1) is 0 Å². The first-order valence-electron chi connectivity index (χ1n) is 5.46. The summed E-state index contributed by atoms with van der Waals surface area (Å²) in [5, 5.41) is 9.42. The van der Waals surface area contributed by atoms with Crippen LogP contribution in [0.3, 0.4) is 0 Å². The molecule has 1 aliphatic rings. The molecule has 3 nitrogen and oxygen atoms in total. The third-order valence-electron chi connectivity index (χ3n) is 3.09. The van der Waals surface area contributed by atoms with Gasteiger partial charge in [0.05, 0.1) is 6.10 Å². The Morgan fingerprint density at radius 2 is 2.00 bits per heavy atom. The van der Waals surface area contributed by atoms with E-state index in [2.05, 4.69) is 17.0 Å². The first kappa shape index (κ1) is 10.3. The van der Waals surface area contributed by atoms with Gasteiger partial charge >= 0.3 is 0 Å². The molecular weight excluding hydrogens is 188 g/mol. The first-order chi connectivity index (χ1) is 7.16. The van der Waals surface area contributed by atoms with E-state index in [0.29, 0.717) is 0 Å². The van der Waals surface area contributed by atoms with Crippen molar-refractivity contribution < 1.29 is 5.11 Å². The van der Waals surface area contributed by atoms with Crippen molar-refractivity contribution in [1.82, 2.24) is 0 Å². The van der Waals surface area contributed by atoms with Gasteiger partial charge < -0.3 is 15.7 Å². The van der Waals surface area contributed by atoms with Gasteiger partial charge in [0.2, 0.25) is 0 Å². The number of nitrogens with two attached hydrogens (primary N) is 1. The van der Waals surface area contributed by atoms with Crippen molar-refractivity contribution in [2.24, 2.45) is 0 Å². The smallest absolute Gasteiger partial charge is 0.0574 e. The molecule has 0 spiro atoms. The predicted molar refractivity (Wildman–Crippen MR) is 63.0 cm³/mol. The Kier molecular flexibility index (Phi) is 2.82. The molecule has 0 saturated carbocycles. The molecule has 1 fully saturated rings. The topological polar surface area (TPSA) is 49.5 Å². The molecule has 3 heteroatoms. The van der Waals surface area contributed by atoms with Crippen LogP contribution in [0.5, 0.6) is 0 Å². The number of aliphatic hydroxyl groups excluding tert-OH is 1. The van der Waals surface area contributed by atoms with Crippen molar-refractivity contribution in [2.75, 3.05) is 23.7 Å². The molecule has 0 bridgehead atoms. The van der Waals surface area contributed by atoms with E-state index in [1.165, 1.54) is 5.69 Å². The molecule has 1 saturated heterocycles. The second-order valence-corrected chi connectivity index (χ2v) is 4.26. The molecule has 0 aliphatic carbocycles. The molecule has 1 aliphatic heterocycles. The highest BCUT2D eigenvalue weighted by molar-refractivity contribution is 5.59. The predicted octanol–water partition coefficient (Wildman–Crippen LogP) is 1.54. The van der Waals surface area contributed by atoms with E-state index in [0.717, 1.165) is 37.2 Å². The lowest BCUT2D eigenvalue weighted by atomic mass is 10.1. The highest BCUT2D eigenvalue weighted by atomic mass is 16.3. The zero-order valence-corrected chi connectivity index (χ0v) is 9.11. The van der Waals surface area contributed by atoms with Crippen molar-refractivity contribution in [3.8, 4) is 0 Å². The molecule has 0 amide bonds. The van der Waals surface area contributed by atoms with Gasteiger partial charge in [-0.25, -0.2) is 0 Å². The average Bonchev–Trinajstić information content (AvgIpc) is 2.23. The van der Waals surface area contributed by atoms with E-state index in [4.69, 9.17) is 5.73 Å². The van der Waals surface area contributed by atoms with Gasteiger partial charge in [0.15, 0.2) is 0 Å². The fourth-order valence-corrected chi connectivity index (χ4v) is 1.95. The molecule has 0 atom stereocenters. The monoisotopic (exact) mass is 206 g/mol. The Labute approximate surface area is 90.5 Å². The van der Waals surface area contributed by atoms with E-state index in [1.807, 2.05) is 13.0 Å². The van der Waals surface area contributed by atoms with E-state index >= 15 is 0 Å². The van der Waals surface area contributed by atoms with Crippen molar-refractivity contribution >= 4 is 11.4 Å². The van der Waals surface area contributed by atoms with Gasteiger partial charge in [-0.3, -0.25) is 0 Å². The number of aryl methyl sites for hydroxylation is 1. The normalized spacial score (nSPS) is 18.1. The van der Waals surface area contributed by atoms with Crippen LogP contribution in [-0.2, 0) is 0 Å². The zero-order chi connectivity index (χ0) is 10.8. The summed E-state index contributed by atoms with van der Waals surface area (Å²) in [6.07, 6.45) is 1.59. The number of hydrogen-bond acceptors (Lipinski definition) is 3. The molecule has 1 heterocycles. The minimum absolute atomic E-state index is 0.121. The summed E-state index contributed by atoms with van der Waals surface area (Å²) in [6.45, 7) is 3.85. The Morgan fingerprint density at radius 1 is 1.33 bits per heavy atom. The van der Waals surface area contributed by atoms with E-state index in [-0.39, 0.29) is 6.10 Å². The Hall–Kier alpha value is -1.22. The molecular formula is C12H18N2O. The summed E-state index contributed by atoms with van der Waals surface area (Å²) in [5.41, 5.74) is 9.02. The number of benzene rings is 1. The number of nitrogen functional groups attached to an aromatic ring is 1. The van der Waals surface area contributed by atoms with Crippen LogP contribution in [-0.4, -0.2) is 24.3 Å². The minimum atomic E-state index is -0.121. The molecule has 3 N–H and O–H groups in total. The molecule has 2 rings (SSSR count). The van der Waals surface area contributed by atoms with Crippen LogP contribution in [0, 0.1) is 6.92 Å². The average molecular weight is 206 g/mol. The maximum Gasteiger partial charge on any atom is 0.0574 e. The minimum Gasteiger partial charge on any atom is -0.398 e. The lowest BCUT2D eigenvalue weighted by Gasteiger charge is -2.31. The summed E-state index contributed by atoms with van der Waals surface area (Å²) < 4.78 is 0. The number of hydrogen-bond donors (Lipinski definition) is 2. The van der Waals surface area contributed by atoms with Crippen LogP contribution in [0.4, 0.5) is 11.4 Å². The SMILES string of the molecule is Cc1ccc(N2CCC(O)CC2)cc1N. The third kappa shape index (κ3) is 2.23. The number of rotatable bonds is 1. The quantitative estimate of drug-likeness (QED) is 0.685. The second kappa shape index (κ2) is 4.11. The maximum atomic E-state index is 9.42. The van der Waals surface area contributed by atoms with Crippen molar-refractivity contribution in [3.63, 3.8) is 0 Å². The standard InChI is InChI=1S/C12H18N2O/c1-9-2-3-10(8-12(9)13)14-6-4-11(15)5-7-14/h2-3,8,11,15H,4-7,13H2,1H3. The third-order valence-corrected chi connectivity index (χ3v) is 3.09. The lowest BCUT2D eigenvalue weighted by Crippen LogP contribution is -2.35. The summed E-state index contributed by atoms with van der Waals surface area (Å²) in [5.74, 6) is 0. The zero-order valence-electron chi connectivity index (χ0n) is 9.11. The Morgan fingerprint density at radius 3 is 2.60 bits per heavy atom. The number of nitrogens with zero attached hydrogens (tertiary/aromatic N) is 1. The van der Waals surface area contributed by atoms with Gasteiger partial charge in [0, 0.05) is 24.5 Å². The summed E-state index contributed by atoms with van der Waals surface area (Å²) in [7, 11) is 0. The fourth-order valence-electron chi connectivity index (χ4n) is 1.95. The van der Waals surface area contributed by atoms with E-state index in [1.54, 1.807) is 0 Å². The van der Waals surface area contributed by atoms with Gasteiger partial charge in [0.25, 0.3) is 0 Å². The van der Waals surface area contributed by atoms with Crippen molar-refractivity contribution in [1.29, 1.82) is 0 Å². The molecule has 0 radical (unpaired) electrons. The lowest BCUT2D eigenvalue weighted by molar-refractivity contribution is 0.145. The number of anilines is 2.